The van der Waals surface area contributed by atoms with Crippen LogP contribution in [0.3, 0.4) is 0 Å². The van der Waals surface area contributed by atoms with E-state index in [-0.39, 0.29) is 29.5 Å². The van der Waals surface area contributed by atoms with Crippen LogP contribution < -0.4 is 21.3 Å². The summed E-state index contributed by atoms with van der Waals surface area (Å²) in [6.45, 7) is 11.7. The van der Waals surface area contributed by atoms with Crippen LogP contribution in [0.4, 0.5) is 23.5 Å². The number of hydrogen-bond donors (Lipinski definition) is 6. The van der Waals surface area contributed by atoms with Crippen molar-refractivity contribution >= 4 is 23.5 Å². The third-order valence-electron chi connectivity index (χ3n) is 11.1. The van der Waals surface area contributed by atoms with Crippen molar-refractivity contribution in [3.63, 3.8) is 0 Å². The summed E-state index contributed by atoms with van der Waals surface area (Å²) in [7, 11) is 0. The van der Waals surface area contributed by atoms with Gasteiger partial charge in [-0.05, 0) is 61.0 Å². The Hall–Kier alpha value is -5.89. The first kappa shape index (κ1) is 39.8. The number of anilines is 4. The first-order valence-electron chi connectivity index (χ1n) is 19.1. The van der Waals surface area contributed by atoms with Gasteiger partial charge in [-0.15, -0.1) is 0 Å². The van der Waals surface area contributed by atoms with Crippen molar-refractivity contribution in [2.24, 2.45) is 10.8 Å². The van der Waals surface area contributed by atoms with E-state index in [2.05, 4.69) is 98.3 Å². The number of rotatable bonds is 13. The number of nitrogens with zero attached hydrogens (tertiary/aromatic N) is 10. The monoisotopic (exact) mass is 758 g/mol. The van der Waals surface area contributed by atoms with E-state index in [1.807, 2.05) is 13.1 Å². The van der Waals surface area contributed by atoms with Gasteiger partial charge in [0.1, 0.15) is 41.0 Å². The van der Waals surface area contributed by atoms with Crippen molar-refractivity contribution < 1.29 is 10.2 Å². The lowest BCUT2D eigenvalue weighted by Gasteiger charge is -2.45. The molecule has 2 aliphatic carbocycles. The molecule has 56 heavy (non-hydrogen) atoms. The Kier molecular flexibility index (Phi) is 12.0. The van der Waals surface area contributed by atoms with Gasteiger partial charge in [-0.3, -0.25) is 9.67 Å². The number of pyridine rings is 1. The molecule has 0 aliphatic heterocycles. The highest BCUT2D eigenvalue weighted by molar-refractivity contribution is 5.55. The van der Waals surface area contributed by atoms with Crippen LogP contribution in [0.2, 0.25) is 0 Å². The Morgan fingerprint density at radius 1 is 0.804 bits per heavy atom. The van der Waals surface area contributed by atoms with E-state index in [9.17, 15) is 20.7 Å². The van der Waals surface area contributed by atoms with E-state index < -0.39 is 11.5 Å². The molecule has 2 fully saturated rings. The second-order valence-corrected chi connectivity index (χ2v) is 16.3. The Morgan fingerprint density at radius 2 is 1.45 bits per heavy atom. The summed E-state index contributed by atoms with van der Waals surface area (Å²) in [6, 6.07) is 8.54. The van der Waals surface area contributed by atoms with E-state index in [4.69, 9.17) is 10.2 Å². The van der Waals surface area contributed by atoms with E-state index >= 15 is 0 Å². The number of aliphatic hydroxyl groups is 2. The molecule has 0 bridgehead atoms. The second kappa shape index (κ2) is 16.9. The third-order valence-corrected chi connectivity index (χ3v) is 11.1. The van der Waals surface area contributed by atoms with Crippen LogP contribution >= 0.6 is 0 Å². The summed E-state index contributed by atoms with van der Waals surface area (Å²) in [6.07, 6.45) is 11.2. The van der Waals surface area contributed by atoms with Gasteiger partial charge in [0.2, 0.25) is 11.9 Å². The van der Waals surface area contributed by atoms with Crippen molar-refractivity contribution in [1.82, 2.24) is 34.7 Å². The maximum Gasteiger partial charge on any atom is 0.224 e. The third kappa shape index (κ3) is 9.31. The number of aromatic nitrogens is 7. The number of aliphatic hydroxyl groups excluding tert-OH is 2. The van der Waals surface area contributed by atoms with Crippen LogP contribution in [0.1, 0.15) is 99.2 Å². The highest BCUT2D eigenvalue weighted by atomic mass is 16.3. The average Bonchev–Trinajstić information content (AvgIpc) is 3.63. The second-order valence-electron chi connectivity index (χ2n) is 16.3. The van der Waals surface area contributed by atoms with Gasteiger partial charge in [0.15, 0.2) is 0 Å². The Balaban J connectivity index is 1.08. The minimum Gasteiger partial charge on any atom is -0.393 e. The molecule has 4 heterocycles. The summed E-state index contributed by atoms with van der Waals surface area (Å²) in [5, 5.41) is 68.1. The van der Waals surface area contributed by atoms with Crippen molar-refractivity contribution in [3.8, 4) is 18.2 Å². The summed E-state index contributed by atoms with van der Waals surface area (Å²) in [4.78, 5) is 22.7. The molecule has 4 aromatic rings. The predicted octanol–water partition coefficient (Wildman–Crippen LogP) is 4.64. The Bertz CT molecular complexity index is 2150. The summed E-state index contributed by atoms with van der Waals surface area (Å²) in [5.74, 6) is 1.49. The normalized spacial score (nSPS) is 22.5. The molecule has 16 heteroatoms. The van der Waals surface area contributed by atoms with Gasteiger partial charge in [-0.25, -0.2) is 9.97 Å². The summed E-state index contributed by atoms with van der Waals surface area (Å²) in [5.41, 5.74) is 3.38. The number of hydrogen-bond acceptors (Lipinski definition) is 15. The van der Waals surface area contributed by atoms with E-state index in [1.165, 1.54) is 18.6 Å². The molecule has 1 unspecified atom stereocenters. The van der Waals surface area contributed by atoms with Crippen LogP contribution in [0.5, 0.6) is 0 Å². The van der Waals surface area contributed by atoms with Gasteiger partial charge in [0, 0.05) is 55.6 Å². The van der Waals surface area contributed by atoms with Gasteiger partial charge in [0.05, 0.1) is 42.9 Å². The minimum atomic E-state index is -0.614. The molecule has 0 aromatic carbocycles. The maximum atomic E-state index is 11.6. The molecular weight excluding hydrogens is 709 g/mol. The SMILES string of the molecule is Cc1cc(C2C[C@@H](Nc3nc(NCCn4cc(C#N)cn4)ncc3C#N)CC(C)(C)[C@H]2O)cnc1CCNc1ncc(C#N)c(N[C@@H]2CC[C@H](O)C(C)(C)C2)n1. The topological polar surface area (TPSA) is 242 Å². The zero-order valence-electron chi connectivity index (χ0n) is 32.6. The molecular formula is C40H50N14O2. The fourth-order valence-electron chi connectivity index (χ4n) is 7.91. The van der Waals surface area contributed by atoms with Crippen LogP contribution in [0.25, 0.3) is 0 Å². The highest BCUT2D eigenvalue weighted by Crippen LogP contribution is 2.45. The quantitative estimate of drug-likeness (QED) is 0.109. The molecule has 6 N–H and O–H groups in total. The molecule has 2 saturated carbocycles. The fraction of sp³-hybridized carbons (Fsp3) is 0.525. The Labute approximate surface area is 327 Å². The van der Waals surface area contributed by atoms with Gasteiger partial charge in [0.25, 0.3) is 0 Å². The first-order valence-corrected chi connectivity index (χ1v) is 19.1. The van der Waals surface area contributed by atoms with Crippen molar-refractivity contribution in [1.29, 1.82) is 15.8 Å². The number of nitriles is 3. The minimum absolute atomic E-state index is 0.0890. The first-order chi connectivity index (χ1) is 26.8. The van der Waals surface area contributed by atoms with Gasteiger partial charge < -0.3 is 31.5 Å². The van der Waals surface area contributed by atoms with Crippen LogP contribution in [-0.2, 0) is 13.0 Å². The molecule has 0 spiro atoms. The molecule has 4 aromatic heterocycles. The largest absolute Gasteiger partial charge is 0.393 e. The molecule has 6 rings (SSSR count). The molecule has 0 radical (unpaired) electrons. The zero-order chi connectivity index (χ0) is 40.0. The lowest BCUT2D eigenvalue weighted by molar-refractivity contribution is -0.00900. The molecule has 0 amide bonds. The standard InChI is InChI=1S/C40H50N14O2/c1-24-12-26(20-46-32(24)8-9-44-37-47-21-27(17-42)35(52-37)50-29-6-7-33(55)39(2,3)14-29)31-13-30(15-40(4,5)34(31)56)51-36-28(18-43)22-48-38(53-36)45-10-11-54-23-25(16-41)19-49-54/h12,19-23,29-31,33-34,55-56H,6-11,13-15H2,1-5H3,(H2,44,47,50,52)(H2,45,48,51,53)/t29-,30-,31?,33+,34+/m1/s1. The average molecular weight is 759 g/mol. The van der Waals surface area contributed by atoms with E-state index in [0.717, 1.165) is 29.7 Å². The van der Waals surface area contributed by atoms with Crippen LogP contribution in [0, 0.1) is 51.7 Å². The smallest absolute Gasteiger partial charge is 0.224 e. The molecule has 2 aliphatic rings. The molecule has 0 saturated heterocycles. The molecule has 5 atom stereocenters. The van der Waals surface area contributed by atoms with Crippen LogP contribution in [-0.4, -0.2) is 82.3 Å². The van der Waals surface area contributed by atoms with Crippen LogP contribution in [0.15, 0.2) is 37.1 Å². The molecule has 16 nitrogen and oxygen atoms in total. The van der Waals surface area contributed by atoms with Gasteiger partial charge in [-0.1, -0.05) is 33.8 Å². The maximum absolute atomic E-state index is 11.6. The summed E-state index contributed by atoms with van der Waals surface area (Å²) < 4.78 is 1.66. The van der Waals surface area contributed by atoms with E-state index in [1.54, 1.807) is 10.9 Å². The Morgan fingerprint density at radius 3 is 2.05 bits per heavy atom. The number of aryl methyl sites for hydroxylation is 1. The highest BCUT2D eigenvalue weighted by Gasteiger charge is 2.43. The fourth-order valence-corrected chi connectivity index (χ4v) is 7.91. The van der Waals surface area contributed by atoms with E-state index in [0.29, 0.717) is 85.5 Å². The van der Waals surface area contributed by atoms with Crippen molar-refractivity contribution in [2.45, 2.75) is 110 Å². The predicted molar refractivity (Wildman–Crippen MR) is 210 cm³/mol. The lowest BCUT2D eigenvalue weighted by atomic mass is 9.66. The molecule has 292 valence electrons. The van der Waals surface area contributed by atoms with Gasteiger partial charge >= 0.3 is 0 Å². The summed E-state index contributed by atoms with van der Waals surface area (Å²) >= 11 is 0. The zero-order valence-corrected chi connectivity index (χ0v) is 32.6. The van der Waals surface area contributed by atoms with Crippen molar-refractivity contribution in [2.75, 3.05) is 34.4 Å². The number of nitrogens with one attached hydrogen (secondary N) is 4. The lowest BCUT2D eigenvalue weighted by Crippen LogP contribution is -2.46. The van der Waals surface area contributed by atoms with Gasteiger partial charge in [-0.2, -0.15) is 30.9 Å². The van der Waals surface area contributed by atoms with Crippen molar-refractivity contribution in [3.05, 3.63) is 70.6 Å².